The monoisotopic (exact) mass is 264 g/mol. The molecule has 0 saturated carbocycles. The van der Waals surface area contributed by atoms with E-state index in [0.717, 1.165) is 16.3 Å². The molecule has 98 valence electrons. The maximum absolute atomic E-state index is 13.8. The molecule has 0 bridgehead atoms. The Balaban J connectivity index is 2.27. The largest absolute Gasteiger partial charge is 0.288 e. The van der Waals surface area contributed by atoms with Crippen molar-refractivity contribution in [2.75, 3.05) is 0 Å². The molecule has 0 spiro atoms. The molecule has 0 fully saturated rings. The Labute approximate surface area is 116 Å². The second kappa shape index (κ2) is 4.89. The molecule has 3 aromatic carbocycles. The van der Waals surface area contributed by atoms with Crippen LogP contribution in [0.5, 0.6) is 0 Å². The van der Waals surface area contributed by atoms with Gasteiger partial charge in [0.1, 0.15) is 5.82 Å². The van der Waals surface area contributed by atoms with Gasteiger partial charge < -0.3 is 0 Å². The highest BCUT2D eigenvalue weighted by molar-refractivity contribution is 6.17. The summed E-state index contributed by atoms with van der Waals surface area (Å²) in [5.41, 5.74) is 1.55. The van der Waals surface area contributed by atoms with Crippen LogP contribution in [0, 0.1) is 12.7 Å². The lowest BCUT2D eigenvalue weighted by Crippen LogP contribution is -2.07. The SMILES string of the molecule is Cc1ccc2ccccc2c1C(=O)c1ccccc1F. The van der Waals surface area contributed by atoms with Crippen LogP contribution < -0.4 is 0 Å². The Kier molecular flexibility index (Phi) is 3.07. The number of benzene rings is 3. The molecule has 3 aromatic rings. The van der Waals surface area contributed by atoms with E-state index in [4.69, 9.17) is 0 Å². The van der Waals surface area contributed by atoms with E-state index in [9.17, 15) is 9.18 Å². The van der Waals surface area contributed by atoms with Gasteiger partial charge in [-0.1, -0.05) is 48.5 Å². The predicted octanol–water partition coefficient (Wildman–Crippen LogP) is 4.52. The fraction of sp³-hybridized carbons (Fsp3) is 0.0556. The fourth-order valence-electron chi connectivity index (χ4n) is 2.46. The van der Waals surface area contributed by atoms with Crippen LogP contribution in [0.4, 0.5) is 4.39 Å². The van der Waals surface area contributed by atoms with Gasteiger partial charge in [0.25, 0.3) is 0 Å². The van der Waals surface area contributed by atoms with E-state index >= 15 is 0 Å². The third-order valence-corrected chi connectivity index (χ3v) is 3.48. The van der Waals surface area contributed by atoms with Gasteiger partial charge in [0.2, 0.25) is 0 Å². The lowest BCUT2D eigenvalue weighted by molar-refractivity contribution is 0.103. The molecular weight excluding hydrogens is 251 g/mol. The quantitative estimate of drug-likeness (QED) is 0.622. The lowest BCUT2D eigenvalue weighted by Gasteiger charge is -2.10. The molecule has 3 rings (SSSR count). The van der Waals surface area contributed by atoms with E-state index < -0.39 is 5.82 Å². The van der Waals surface area contributed by atoms with E-state index in [-0.39, 0.29) is 11.3 Å². The van der Waals surface area contributed by atoms with Crippen LogP contribution in [-0.2, 0) is 0 Å². The van der Waals surface area contributed by atoms with Crippen LogP contribution in [-0.4, -0.2) is 5.78 Å². The number of hydrogen-bond donors (Lipinski definition) is 0. The maximum atomic E-state index is 13.8. The molecule has 0 amide bonds. The molecule has 2 heteroatoms. The summed E-state index contributed by atoms with van der Waals surface area (Å²) in [7, 11) is 0. The van der Waals surface area contributed by atoms with Crippen LogP contribution in [0.1, 0.15) is 21.5 Å². The van der Waals surface area contributed by atoms with Gasteiger partial charge in [-0.05, 0) is 35.4 Å². The highest BCUT2D eigenvalue weighted by Crippen LogP contribution is 2.25. The van der Waals surface area contributed by atoms with Crippen molar-refractivity contribution in [1.82, 2.24) is 0 Å². The number of carbonyl (C=O) groups excluding carboxylic acids is 1. The topological polar surface area (TPSA) is 17.1 Å². The summed E-state index contributed by atoms with van der Waals surface area (Å²) in [5, 5.41) is 1.85. The van der Waals surface area contributed by atoms with Gasteiger partial charge in [-0.25, -0.2) is 4.39 Å². The Morgan fingerprint density at radius 1 is 0.900 bits per heavy atom. The Hall–Kier alpha value is -2.48. The van der Waals surface area contributed by atoms with E-state index in [1.165, 1.54) is 12.1 Å². The first-order valence-electron chi connectivity index (χ1n) is 6.46. The number of rotatable bonds is 2. The molecule has 0 atom stereocenters. The third-order valence-electron chi connectivity index (χ3n) is 3.48. The van der Waals surface area contributed by atoms with Gasteiger partial charge in [-0.3, -0.25) is 4.79 Å². The normalized spacial score (nSPS) is 10.7. The molecule has 0 aromatic heterocycles. The van der Waals surface area contributed by atoms with Crippen LogP contribution in [0.25, 0.3) is 10.8 Å². The second-order valence-corrected chi connectivity index (χ2v) is 4.79. The molecule has 1 nitrogen and oxygen atoms in total. The van der Waals surface area contributed by atoms with Gasteiger partial charge in [-0.15, -0.1) is 0 Å². The number of halogens is 1. The Bertz CT molecular complexity index is 805. The number of ketones is 1. The molecule has 20 heavy (non-hydrogen) atoms. The number of carbonyl (C=O) groups is 1. The van der Waals surface area contributed by atoms with E-state index in [2.05, 4.69) is 0 Å². The highest BCUT2D eigenvalue weighted by Gasteiger charge is 2.17. The standard InChI is InChI=1S/C18H13FO/c1-12-10-11-13-6-2-3-7-14(13)17(12)18(20)15-8-4-5-9-16(15)19/h2-11H,1H3. The third kappa shape index (κ3) is 1.99. The first kappa shape index (κ1) is 12.5. The molecular formula is C18H13FO. The second-order valence-electron chi connectivity index (χ2n) is 4.79. The van der Waals surface area contributed by atoms with Crippen LogP contribution in [0.3, 0.4) is 0 Å². The molecule has 0 N–H and O–H groups in total. The molecule has 0 aliphatic carbocycles. The van der Waals surface area contributed by atoms with Crippen molar-refractivity contribution >= 4 is 16.6 Å². The zero-order valence-corrected chi connectivity index (χ0v) is 11.1. The molecule has 0 aliphatic rings. The van der Waals surface area contributed by atoms with Gasteiger partial charge in [-0.2, -0.15) is 0 Å². The molecule has 0 aliphatic heterocycles. The van der Waals surface area contributed by atoms with Crippen LogP contribution in [0.15, 0.2) is 60.7 Å². The van der Waals surface area contributed by atoms with Crippen molar-refractivity contribution in [2.45, 2.75) is 6.92 Å². The van der Waals surface area contributed by atoms with Crippen molar-refractivity contribution in [3.8, 4) is 0 Å². The zero-order valence-electron chi connectivity index (χ0n) is 11.1. The molecule has 0 saturated heterocycles. The van der Waals surface area contributed by atoms with E-state index in [1.54, 1.807) is 12.1 Å². The molecule has 0 radical (unpaired) electrons. The van der Waals surface area contributed by atoms with E-state index in [1.807, 2.05) is 43.3 Å². The van der Waals surface area contributed by atoms with Gasteiger partial charge in [0, 0.05) is 5.56 Å². The maximum Gasteiger partial charge on any atom is 0.196 e. The summed E-state index contributed by atoms with van der Waals surface area (Å²) in [5.74, 6) is -0.748. The predicted molar refractivity (Wildman–Crippen MR) is 78.5 cm³/mol. The lowest BCUT2D eigenvalue weighted by atomic mass is 9.93. The summed E-state index contributed by atoms with van der Waals surface area (Å²) in [6, 6.07) is 17.6. The minimum Gasteiger partial charge on any atom is -0.288 e. The van der Waals surface area contributed by atoms with Crippen LogP contribution in [0.2, 0.25) is 0 Å². The van der Waals surface area contributed by atoms with Crippen molar-refractivity contribution in [2.24, 2.45) is 0 Å². The Morgan fingerprint density at radius 2 is 1.60 bits per heavy atom. The fourth-order valence-corrected chi connectivity index (χ4v) is 2.46. The minimum atomic E-state index is -0.482. The summed E-state index contributed by atoms with van der Waals surface area (Å²) in [6.07, 6.45) is 0. The summed E-state index contributed by atoms with van der Waals surface area (Å²) >= 11 is 0. The van der Waals surface area contributed by atoms with Gasteiger partial charge >= 0.3 is 0 Å². The molecule has 0 heterocycles. The smallest absolute Gasteiger partial charge is 0.196 e. The summed E-state index contributed by atoms with van der Waals surface area (Å²) in [4.78, 5) is 12.7. The number of hydrogen-bond acceptors (Lipinski definition) is 1. The van der Waals surface area contributed by atoms with Gasteiger partial charge in [0.05, 0.1) is 5.56 Å². The van der Waals surface area contributed by atoms with Gasteiger partial charge in [0.15, 0.2) is 5.78 Å². The molecule has 0 unspecified atom stereocenters. The van der Waals surface area contributed by atoms with E-state index in [0.29, 0.717) is 5.56 Å². The van der Waals surface area contributed by atoms with Crippen molar-refractivity contribution in [3.05, 3.63) is 83.2 Å². The summed E-state index contributed by atoms with van der Waals surface area (Å²) in [6.45, 7) is 1.88. The first-order valence-corrected chi connectivity index (χ1v) is 6.46. The number of fused-ring (bicyclic) bond motifs is 1. The number of aryl methyl sites for hydroxylation is 1. The van der Waals surface area contributed by atoms with Crippen LogP contribution >= 0.6 is 0 Å². The Morgan fingerprint density at radius 3 is 2.40 bits per heavy atom. The van der Waals surface area contributed by atoms with Crippen molar-refractivity contribution < 1.29 is 9.18 Å². The first-order chi connectivity index (χ1) is 9.68. The van der Waals surface area contributed by atoms with Crippen molar-refractivity contribution in [1.29, 1.82) is 0 Å². The minimum absolute atomic E-state index is 0.118. The highest BCUT2D eigenvalue weighted by atomic mass is 19.1. The average Bonchev–Trinajstić information content (AvgIpc) is 2.47. The van der Waals surface area contributed by atoms with Crippen molar-refractivity contribution in [3.63, 3.8) is 0 Å². The zero-order chi connectivity index (χ0) is 14.1. The summed E-state index contributed by atoms with van der Waals surface area (Å²) < 4.78 is 13.8. The average molecular weight is 264 g/mol.